The van der Waals surface area contributed by atoms with Crippen LogP contribution >= 0.6 is 0 Å². The molecule has 0 saturated carbocycles. The quantitative estimate of drug-likeness (QED) is 0.697. The molecule has 96 valence electrons. The third kappa shape index (κ3) is 5.22. The van der Waals surface area contributed by atoms with Gasteiger partial charge in [-0.25, -0.2) is 0 Å². The Morgan fingerprint density at radius 1 is 1.24 bits per heavy atom. The third-order valence-corrected chi connectivity index (χ3v) is 2.95. The summed E-state index contributed by atoms with van der Waals surface area (Å²) >= 11 is 0. The Morgan fingerprint density at radius 3 is 2.71 bits per heavy atom. The summed E-state index contributed by atoms with van der Waals surface area (Å²) < 4.78 is 5.83. The lowest BCUT2D eigenvalue weighted by molar-refractivity contribution is 0.296. The predicted molar refractivity (Wildman–Crippen MR) is 73.7 cm³/mol. The Morgan fingerprint density at radius 2 is 2.00 bits per heavy atom. The number of aryl methyl sites for hydroxylation is 1. The summed E-state index contributed by atoms with van der Waals surface area (Å²) in [7, 11) is 0. The van der Waals surface area contributed by atoms with Crippen LogP contribution in [0.5, 0.6) is 5.75 Å². The van der Waals surface area contributed by atoms with E-state index in [2.05, 4.69) is 44.3 Å². The molecule has 0 aliphatic rings. The first kappa shape index (κ1) is 14.0. The van der Waals surface area contributed by atoms with Crippen LogP contribution < -0.4 is 10.1 Å². The van der Waals surface area contributed by atoms with Gasteiger partial charge in [-0.2, -0.15) is 0 Å². The van der Waals surface area contributed by atoms with E-state index in [0.717, 1.165) is 31.7 Å². The van der Waals surface area contributed by atoms with Crippen LogP contribution in [0.4, 0.5) is 0 Å². The minimum absolute atomic E-state index is 0.588. The van der Waals surface area contributed by atoms with E-state index in [-0.39, 0.29) is 0 Å². The molecule has 1 N–H and O–H groups in total. The van der Waals surface area contributed by atoms with Crippen LogP contribution in [0.25, 0.3) is 0 Å². The molecule has 1 aromatic rings. The zero-order chi connectivity index (χ0) is 12.5. The van der Waals surface area contributed by atoms with E-state index in [0.29, 0.717) is 6.04 Å². The topological polar surface area (TPSA) is 21.3 Å². The van der Waals surface area contributed by atoms with Crippen LogP contribution in [0.1, 0.15) is 39.2 Å². The number of benzene rings is 1. The van der Waals surface area contributed by atoms with Gasteiger partial charge in [-0.3, -0.25) is 0 Å². The number of hydrogen-bond donors (Lipinski definition) is 1. The summed E-state index contributed by atoms with van der Waals surface area (Å²) in [5.41, 5.74) is 1.30. The van der Waals surface area contributed by atoms with Gasteiger partial charge >= 0.3 is 0 Å². The molecule has 2 heteroatoms. The zero-order valence-electron chi connectivity index (χ0n) is 11.3. The molecule has 0 radical (unpaired) electrons. The summed E-state index contributed by atoms with van der Waals surface area (Å²) in [5, 5.41) is 3.41. The van der Waals surface area contributed by atoms with Crippen molar-refractivity contribution in [1.29, 1.82) is 0 Å². The van der Waals surface area contributed by atoms with Gasteiger partial charge in [-0.05, 0) is 44.4 Å². The molecule has 17 heavy (non-hydrogen) atoms. The monoisotopic (exact) mass is 235 g/mol. The maximum absolute atomic E-state index is 5.83. The molecule has 0 bridgehead atoms. The molecule has 0 aliphatic heterocycles. The average Bonchev–Trinajstić information content (AvgIpc) is 2.35. The lowest BCUT2D eigenvalue weighted by Crippen LogP contribution is -2.25. The van der Waals surface area contributed by atoms with Crippen molar-refractivity contribution in [2.75, 3.05) is 13.2 Å². The zero-order valence-corrected chi connectivity index (χ0v) is 11.3. The Kier molecular flexibility index (Phi) is 6.71. The van der Waals surface area contributed by atoms with Gasteiger partial charge in [0.05, 0.1) is 6.61 Å². The summed E-state index contributed by atoms with van der Waals surface area (Å²) in [6, 6.07) is 8.89. The lowest BCUT2D eigenvalue weighted by atomic mass is 10.1. The molecule has 1 aromatic carbocycles. The summed E-state index contributed by atoms with van der Waals surface area (Å²) in [6.45, 7) is 8.39. The van der Waals surface area contributed by atoms with Crippen LogP contribution in [-0.2, 0) is 6.42 Å². The van der Waals surface area contributed by atoms with Gasteiger partial charge in [-0.1, -0.05) is 32.0 Å². The van der Waals surface area contributed by atoms with E-state index in [1.54, 1.807) is 0 Å². The van der Waals surface area contributed by atoms with Crippen molar-refractivity contribution in [2.45, 2.75) is 46.1 Å². The normalized spacial score (nSPS) is 12.4. The predicted octanol–water partition coefficient (Wildman–Crippen LogP) is 3.41. The average molecular weight is 235 g/mol. The summed E-state index contributed by atoms with van der Waals surface area (Å²) in [6.07, 6.45) is 3.30. The maximum Gasteiger partial charge on any atom is 0.122 e. The first-order valence-corrected chi connectivity index (χ1v) is 6.72. The number of hydrogen-bond acceptors (Lipinski definition) is 2. The Hall–Kier alpha value is -1.02. The highest BCUT2D eigenvalue weighted by Crippen LogP contribution is 2.18. The first-order valence-electron chi connectivity index (χ1n) is 6.72. The second kappa shape index (κ2) is 8.13. The van der Waals surface area contributed by atoms with Crippen molar-refractivity contribution in [3.05, 3.63) is 29.8 Å². The SMILES string of the molecule is CCNC(C)CCCOc1ccccc1CC. The minimum Gasteiger partial charge on any atom is -0.493 e. The standard InChI is InChI=1S/C15H25NO/c1-4-14-10-6-7-11-15(14)17-12-8-9-13(3)16-5-2/h6-7,10-11,13,16H,4-5,8-9,12H2,1-3H3. The molecule has 0 aliphatic carbocycles. The largest absolute Gasteiger partial charge is 0.493 e. The van der Waals surface area contributed by atoms with Crippen molar-refractivity contribution >= 4 is 0 Å². The van der Waals surface area contributed by atoms with E-state index in [4.69, 9.17) is 4.74 Å². The molecule has 0 amide bonds. The Balaban J connectivity index is 2.26. The maximum atomic E-state index is 5.83. The molecule has 0 saturated heterocycles. The molecule has 0 aromatic heterocycles. The highest BCUT2D eigenvalue weighted by Gasteiger charge is 2.02. The van der Waals surface area contributed by atoms with Crippen molar-refractivity contribution in [2.24, 2.45) is 0 Å². The van der Waals surface area contributed by atoms with Gasteiger partial charge in [0, 0.05) is 6.04 Å². The Labute approximate surface area is 105 Å². The smallest absolute Gasteiger partial charge is 0.122 e. The highest BCUT2D eigenvalue weighted by atomic mass is 16.5. The number of para-hydroxylation sites is 1. The molecule has 0 spiro atoms. The highest BCUT2D eigenvalue weighted by molar-refractivity contribution is 5.33. The fourth-order valence-corrected chi connectivity index (χ4v) is 1.96. The number of nitrogens with one attached hydrogen (secondary N) is 1. The molecule has 1 unspecified atom stereocenters. The van der Waals surface area contributed by atoms with Crippen LogP contribution in [-0.4, -0.2) is 19.2 Å². The van der Waals surface area contributed by atoms with Crippen molar-refractivity contribution in [3.8, 4) is 5.75 Å². The summed E-state index contributed by atoms with van der Waals surface area (Å²) in [4.78, 5) is 0. The fraction of sp³-hybridized carbons (Fsp3) is 0.600. The molecule has 1 rings (SSSR count). The first-order chi connectivity index (χ1) is 8.27. The van der Waals surface area contributed by atoms with E-state index in [9.17, 15) is 0 Å². The molecule has 0 fully saturated rings. The van der Waals surface area contributed by atoms with Gasteiger partial charge in [-0.15, -0.1) is 0 Å². The second-order valence-corrected chi connectivity index (χ2v) is 4.41. The lowest BCUT2D eigenvalue weighted by Gasteiger charge is -2.13. The van der Waals surface area contributed by atoms with Crippen molar-refractivity contribution in [1.82, 2.24) is 5.32 Å². The van der Waals surface area contributed by atoms with Crippen LogP contribution in [0.2, 0.25) is 0 Å². The number of ether oxygens (including phenoxy) is 1. The summed E-state index contributed by atoms with van der Waals surface area (Å²) in [5.74, 6) is 1.05. The molecule has 1 atom stereocenters. The van der Waals surface area contributed by atoms with E-state index in [1.807, 2.05) is 6.07 Å². The van der Waals surface area contributed by atoms with Crippen LogP contribution in [0, 0.1) is 0 Å². The Bertz CT molecular complexity index is 312. The van der Waals surface area contributed by atoms with Gasteiger partial charge in [0.25, 0.3) is 0 Å². The van der Waals surface area contributed by atoms with Gasteiger partial charge in [0.2, 0.25) is 0 Å². The molecule has 0 heterocycles. The van der Waals surface area contributed by atoms with Crippen molar-refractivity contribution in [3.63, 3.8) is 0 Å². The second-order valence-electron chi connectivity index (χ2n) is 4.41. The molecule has 2 nitrogen and oxygen atoms in total. The minimum atomic E-state index is 0.588. The van der Waals surface area contributed by atoms with E-state index in [1.165, 1.54) is 12.0 Å². The third-order valence-electron chi connectivity index (χ3n) is 2.95. The fourth-order valence-electron chi connectivity index (χ4n) is 1.96. The van der Waals surface area contributed by atoms with Gasteiger partial charge in [0.1, 0.15) is 5.75 Å². The number of rotatable bonds is 8. The van der Waals surface area contributed by atoms with E-state index < -0.39 is 0 Å². The molecular weight excluding hydrogens is 210 g/mol. The van der Waals surface area contributed by atoms with E-state index >= 15 is 0 Å². The van der Waals surface area contributed by atoms with Crippen LogP contribution in [0.15, 0.2) is 24.3 Å². The van der Waals surface area contributed by atoms with Crippen molar-refractivity contribution < 1.29 is 4.74 Å². The molecular formula is C15H25NO. The van der Waals surface area contributed by atoms with Gasteiger partial charge < -0.3 is 10.1 Å². The van der Waals surface area contributed by atoms with Gasteiger partial charge in [0.15, 0.2) is 0 Å². The van der Waals surface area contributed by atoms with Crippen LogP contribution in [0.3, 0.4) is 0 Å².